The van der Waals surface area contributed by atoms with E-state index in [2.05, 4.69) is 104 Å². The van der Waals surface area contributed by atoms with Gasteiger partial charge in [0.05, 0.1) is 0 Å². The monoisotopic (exact) mass is 486 g/mol. The molecule has 0 fully saturated rings. The number of hydrogen-bond acceptors (Lipinski definition) is 0. The van der Waals surface area contributed by atoms with E-state index in [4.69, 9.17) is 0 Å². The molecule has 3 rings (SSSR count). The van der Waals surface area contributed by atoms with E-state index in [-0.39, 0.29) is 0 Å². The zero-order valence-corrected chi connectivity index (χ0v) is 23.0. The van der Waals surface area contributed by atoms with Gasteiger partial charge in [-0.15, -0.1) is 0 Å². The third kappa shape index (κ3) is 8.84. The Morgan fingerprint density at radius 2 is 0.743 bits per heavy atom. The molecule has 0 saturated carbocycles. The molecular weight excluding hydrogens is 439 g/mol. The molecule has 0 aromatic heterocycles. The van der Waals surface area contributed by atoms with Gasteiger partial charge in [-0.05, 0) is 35.6 Å². The van der Waals surface area contributed by atoms with E-state index in [0.717, 1.165) is 0 Å². The Morgan fingerprint density at radius 1 is 0.429 bits per heavy atom. The largest absolute Gasteiger partial charge is 0.0742 e. The average molecular weight is 487 g/mol. The molecule has 0 amide bonds. The lowest BCUT2D eigenvalue weighted by molar-refractivity contribution is 0.541. The Kier molecular flexibility index (Phi) is 13.1. The second-order valence-electron chi connectivity index (χ2n) is 9.94. The number of rotatable bonds is 17. The maximum absolute atomic E-state index is 2.70. The summed E-state index contributed by atoms with van der Waals surface area (Å²) in [5, 5.41) is 4.39. The van der Waals surface area contributed by atoms with Gasteiger partial charge in [-0.1, -0.05) is 181 Å². The number of hydrogen-bond donors (Lipinski definition) is 0. The Balaban J connectivity index is 1.55. The predicted octanol–water partition coefficient (Wildman–Crippen LogP) is 9.26. The molecule has 3 aromatic rings. The van der Waals surface area contributed by atoms with Crippen molar-refractivity contribution in [1.82, 2.24) is 0 Å². The fourth-order valence-electron chi connectivity index (χ4n) is 5.20. The standard InChI is InChI=1S/C34H47P/c1-2-3-4-5-6-7-8-9-10-11-12-13-14-24-31-35(32-25-18-15-19-26-32,33-27-20-16-21-28-33)34-29-22-17-23-30-34/h15-23,25-31H,2-14,24H2,1H3. The highest BCUT2D eigenvalue weighted by molar-refractivity contribution is 7.94. The highest BCUT2D eigenvalue weighted by atomic mass is 31.2. The smallest absolute Gasteiger partial charge is 0.0163 e. The molecule has 0 aliphatic rings. The first-order valence-corrected chi connectivity index (χ1v) is 16.1. The third-order valence-corrected chi connectivity index (χ3v) is 11.3. The highest BCUT2D eigenvalue weighted by Crippen LogP contribution is 2.44. The van der Waals surface area contributed by atoms with Crippen LogP contribution < -0.4 is 15.9 Å². The maximum Gasteiger partial charge on any atom is -0.0163 e. The molecule has 0 spiro atoms. The van der Waals surface area contributed by atoms with Crippen molar-refractivity contribution in [3.05, 3.63) is 91.0 Å². The molecule has 0 saturated heterocycles. The minimum absolute atomic E-state index is 1.18. The Hall–Kier alpha value is -2.04. The SMILES string of the molecule is CCCCCCCCCCCCCCCC=P(c1ccccc1)(c1ccccc1)c1ccccc1. The van der Waals surface area contributed by atoms with E-state index in [1.807, 2.05) is 0 Å². The van der Waals surface area contributed by atoms with Gasteiger partial charge < -0.3 is 0 Å². The van der Waals surface area contributed by atoms with Gasteiger partial charge in [0.15, 0.2) is 0 Å². The van der Waals surface area contributed by atoms with Crippen molar-refractivity contribution >= 4 is 28.6 Å². The first kappa shape index (κ1) is 27.5. The van der Waals surface area contributed by atoms with E-state index in [1.165, 1.54) is 106 Å². The topological polar surface area (TPSA) is 0 Å². The van der Waals surface area contributed by atoms with Crippen LogP contribution in [0.15, 0.2) is 91.0 Å². The molecule has 0 bridgehead atoms. The number of benzene rings is 3. The molecule has 0 N–H and O–H groups in total. The summed E-state index contributed by atoms with van der Waals surface area (Å²) in [6.45, 7) is 0.535. The van der Waals surface area contributed by atoms with Crippen molar-refractivity contribution < 1.29 is 0 Å². The highest BCUT2D eigenvalue weighted by Gasteiger charge is 2.24. The zero-order chi connectivity index (χ0) is 24.4. The summed E-state index contributed by atoms with van der Waals surface area (Å²) in [6.07, 6.45) is 19.5. The van der Waals surface area contributed by atoms with Gasteiger partial charge in [0.2, 0.25) is 0 Å². The summed E-state index contributed by atoms with van der Waals surface area (Å²) >= 11 is 0. The summed E-state index contributed by atoms with van der Waals surface area (Å²) in [7, 11) is 0. The van der Waals surface area contributed by atoms with Crippen LogP contribution in [-0.4, -0.2) is 5.80 Å². The van der Waals surface area contributed by atoms with Gasteiger partial charge in [0.25, 0.3) is 0 Å². The van der Waals surface area contributed by atoms with Crippen molar-refractivity contribution in [2.75, 3.05) is 0 Å². The Bertz CT molecular complexity index is 856. The normalized spacial score (nSPS) is 11.5. The van der Waals surface area contributed by atoms with Crippen molar-refractivity contribution in [3.8, 4) is 0 Å². The second kappa shape index (κ2) is 16.6. The van der Waals surface area contributed by atoms with Crippen molar-refractivity contribution in [3.63, 3.8) is 0 Å². The van der Waals surface area contributed by atoms with Crippen LogP contribution >= 0.6 is 6.89 Å². The molecule has 35 heavy (non-hydrogen) atoms. The zero-order valence-electron chi connectivity index (χ0n) is 22.1. The van der Waals surface area contributed by atoms with Crippen LogP contribution in [0.3, 0.4) is 0 Å². The molecule has 0 radical (unpaired) electrons. The molecule has 0 heterocycles. The molecule has 0 aliphatic carbocycles. The first-order chi connectivity index (χ1) is 17.4. The molecule has 0 nitrogen and oxygen atoms in total. The summed E-state index contributed by atoms with van der Waals surface area (Å²) in [5.41, 5.74) is 0. The fraction of sp³-hybridized carbons (Fsp3) is 0.441. The Morgan fingerprint density at radius 3 is 1.09 bits per heavy atom. The number of unbranched alkanes of at least 4 members (excludes halogenated alkanes) is 13. The minimum Gasteiger partial charge on any atom is -0.0742 e. The van der Waals surface area contributed by atoms with Crippen molar-refractivity contribution in [2.24, 2.45) is 0 Å². The molecule has 0 aliphatic heterocycles. The van der Waals surface area contributed by atoms with E-state index >= 15 is 0 Å². The average Bonchev–Trinajstić information content (AvgIpc) is 2.93. The van der Waals surface area contributed by atoms with Crippen LogP contribution in [0.2, 0.25) is 0 Å². The molecule has 0 unspecified atom stereocenters. The molecular formula is C34H47P. The third-order valence-electron chi connectivity index (χ3n) is 7.20. The lowest BCUT2D eigenvalue weighted by Crippen LogP contribution is -2.26. The van der Waals surface area contributed by atoms with Gasteiger partial charge in [0.1, 0.15) is 0 Å². The molecule has 1 heteroatoms. The summed E-state index contributed by atoms with van der Waals surface area (Å²) in [6, 6.07) is 33.7. The van der Waals surface area contributed by atoms with Crippen LogP contribution in [0, 0.1) is 0 Å². The first-order valence-electron chi connectivity index (χ1n) is 14.3. The summed E-state index contributed by atoms with van der Waals surface area (Å²) in [4.78, 5) is 0. The quantitative estimate of drug-likeness (QED) is 0.132. The van der Waals surface area contributed by atoms with E-state index in [1.54, 1.807) is 0 Å². The second-order valence-corrected chi connectivity index (χ2v) is 13.3. The summed E-state index contributed by atoms with van der Waals surface area (Å²) in [5.74, 6) is 2.70. The van der Waals surface area contributed by atoms with Gasteiger partial charge in [0, 0.05) is 0 Å². The van der Waals surface area contributed by atoms with Crippen molar-refractivity contribution in [2.45, 2.75) is 96.8 Å². The van der Waals surface area contributed by atoms with Crippen molar-refractivity contribution in [1.29, 1.82) is 0 Å². The van der Waals surface area contributed by atoms with Crippen LogP contribution in [0.1, 0.15) is 96.8 Å². The van der Waals surface area contributed by atoms with E-state index in [0.29, 0.717) is 0 Å². The van der Waals surface area contributed by atoms with Crippen LogP contribution in [-0.2, 0) is 0 Å². The maximum atomic E-state index is 2.70. The van der Waals surface area contributed by atoms with Crippen LogP contribution in [0.5, 0.6) is 0 Å². The van der Waals surface area contributed by atoms with Gasteiger partial charge in [-0.25, -0.2) is 0 Å². The van der Waals surface area contributed by atoms with Gasteiger partial charge in [-0.2, -0.15) is 0 Å². The van der Waals surface area contributed by atoms with E-state index < -0.39 is 6.89 Å². The predicted molar refractivity (Wildman–Crippen MR) is 162 cm³/mol. The van der Waals surface area contributed by atoms with Crippen LogP contribution in [0.4, 0.5) is 0 Å². The molecule has 0 atom stereocenters. The van der Waals surface area contributed by atoms with Gasteiger partial charge >= 0.3 is 0 Å². The molecule has 3 aromatic carbocycles. The Labute approximate surface area is 216 Å². The van der Waals surface area contributed by atoms with E-state index in [9.17, 15) is 0 Å². The van der Waals surface area contributed by atoms with Crippen LogP contribution in [0.25, 0.3) is 0 Å². The lowest BCUT2D eigenvalue weighted by Gasteiger charge is -2.29. The fourth-order valence-corrected chi connectivity index (χ4v) is 9.22. The summed E-state index contributed by atoms with van der Waals surface area (Å²) < 4.78 is 0. The minimum atomic E-state index is -1.76. The molecule has 188 valence electrons. The van der Waals surface area contributed by atoms with Gasteiger partial charge in [-0.3, -0.25) is 0 Å². The lowest BCUT2D eigenvalue weighted by atomic mass is 10.0.